The minimum absolute atomic E-state index is 0.410. The number of hydrogen-bond acceptors (Lipinski definition) is 2. The summed E-state index contributed by atoms with van der Waals surface area (Å²) in [5.74, 6) is 0.558. The summed E-state index contributed by atoms with van der Waals surface area (Å²) in [6, 6.07) is 9.92. The van der Waals surface area contributed by atoms with E-state index in [4.69, 9.17) is 10.00 Å². The number of nitrogens with zero attached hydrogens (tertiary/aromatic N) is 1. The molecule has 1 aliphatic rings. The molecular formula is C12H13NO. The number of ether oxygens (including phenoxy) is 1. The molecule has 0 saturated heterocycles. The molecule has 1 aliphatic carbocycles. The molecule has 0 N–H and O–H groups in total. The van der Waals surface area contributed by atoms with Crippen LogP contribution in [-0.4, -0.2) is 12.7 Å². The van der Waals surface area contributed by atoms with Crippen molar-refractivity contribution in [2.45, 2.75) is 25.4 Å². The Balaban J connectivity index is 2.02. The molecular weight excluding hydrogens is 174 g/mol. The van der Waals surface area contributed by atoms with Gasteiger partial charge in [-0.1, -0.05) is 12.1 Å². The van der Waals surface area contributed by atoms with Gasteiger partial charge in [0.25, 0.3) is 0 Å². The largest absolute Gasteiger partial charge is 0.378 e. The van der Waals surface area contributed by atoms with Crippen molar-refractivity contribution in [1.29, 1.82) is 5.26 Å². The van der Waals surface area contributed by atoms with Crippen LogP contribution in [0.25, 0.3) is 0 Å². The Morgan fingerprint density at radius 2 is 2.14 bits per heavy atom. The molecule has 0 aliphatic heterocycles. The van der Waals surface area contributed by atoms with Crippen LogP contribution in [0, 0.1) is 11.3 Å². The second-order valence-electron chi connectivity index (χ2n) is 3.57. The fraction of sp³-hybridized carbons (Fsp3) is 0.417. The monoisotopic (exact) mass is 187 g/mol. The molecule has 0 radical (unpaired) electrons. The Labute approximate surface area is 84.1 Å². The molecule has 0 bridgehead atoms. The predicted octanol–water partition coefficient (Wildman–Crippen LogP) is 2.45. The minimum atomic E-state index is 0.410. The van der Waals surface area contributed by atoms with E-state index in [0.29, 0.717) is 12.0 Å². The number of nitriles is 1. The van der Waals surface area contributed by atoms with Gasteiger partial charge in [-0.2, -0.15) is 5.26 Å². The standard InChI is InChI=1S/C12H13NO/c1-2-14-12-7-11(12)10-5-3-9(8-13)4-6-10/h3-6,11-12H,2,7H2,1H3/t11-,12-/m0/s1. The van der Waals surface area contributed by atoms with Gasteiger partial charge in [0.1, 0.15) is 0 Å². The van der Waals surface area contributed by atoms with Crippen LogP contribution in [0.5, 0.6) is 0 Å². The molecule has 72 valence electrons. The van der Waals surface area contributed by atoms with Crippen molar-refractivity contribution in [3.05, 3.63) is 35.4 Å². The highest BCUT2D eigenvalue weighted by molar-refractivity contribution is 5.35. The summed E-state index contributed by atoms with van der Waals surface area (Å²) < 4.78 is 5.51. The fourth-order valence-electron chi connectivity index (χ4n) is 1.73. The van der Waals surface area contributed by atoms with Gasteiger partial charge in [-0.25, -0.2) is 0 Å². The summed E-state index contributed by atoms with van der Waals surface area (Å²) in [7, 11) is 0. The SMILES string of the molecule is CCO[C@H]1C[C@H]1c1ccc(C#N)cc1. The van der Waals surface area contributed by atoms with Crippen molar-refractivity contribution in [2.75, 3.05) is 6.61 Å². The van der Waals surface area contributed by atoms with Gasteiger partial charge in [-0.15, -0.1) is 0 Å². The molecule has 1 fully saturated rings. The van der Waals surface area contributed by atoms with Gasteiger partial charge in [0, 0.05) is 12.5 Å². The van der Waals surface area contributed by atoms with Crippen molar-refractivity contribution in [2.24, 2.45) is 0 Å². The first kappa shape index (κ1) is 9.23. The van der Waals surface area contributed by atoms with Crippen molar-refractivity contribution in [3.8, 4) is 6.07 Å². The summed E-state index contributed by atoms with van der Waals surface area (Å²) in [5.41, 5.74) is 2.02. The van der Waals surface area contributed by atoms with Crippen LogP contribution in [0.3, 0.4) is 0 Å². The Bertz CT molecular complexity index is 350. The summed E-state index contributed by atoms with van der Waals surface area (Å²) >= 11 is 0. The molecule has 0 aromatic heterocycles. The maximum atomic E-state index is 8.64. The number of rotatable bonds is 3. The van der Waals surface area contributed by atoms with E-state index < -0.39 is 0 Å². The van der Waals surface area contributed by atoms with E-state index in [1.54, 1.807) is 0 Å². The Kier molecular flexibility index (Phi) is 2.51. The molecule has 2 nitrogen and oxygen atoms in total. The van der Waals surface area contributed by atoms with Gasteiger partial charge >= 0.3 is 0 Å². The first-order valence-electron chi connectivity index (χ1n) is 4.96. The molecule has 0 heterocycles. The topological polar surface area (TPSA) is 33.0 Å². The predicted molar refractivity (Wildman–Crippen MR) is 53.9 cm³/mol. The lowest BCUT2D eigenvalue weighted by Crippen LogP contribution is -1.95. The van der Waals surface area contributed by atoms with E-state index in [-0.39, 0.29) is 0 Å². The van der Waals surface area contributed by atoms with Crippen molar-refractivity contribution >= 4 is 0 Å². The lowest BCUT2D eigenvalue weighted by atomic mass is 10.1. The highest BCUT2D eigenvalue weighted by atomic mass is 16.5. The molecule has 0 amide bonds. The highest BCUT2D eigenvalue weighted by Crippen LogP contribution is 2.43. The van der Waals surface area contributed by atoms with Gasteiger partial charge in [0.2, 0.25) is 0 Å². The van der Waals surface area contributed by atoms with E-state index in [0.717, 1.165) is 18.6 Å². The van der Waals surface area contributed by atoms with E-state index in [1.807, 2.05) is 31.2 Å². The smallest absolute Gasteiger partial charge is 0.0991 e. The lowest BCUT2D eigenvalue weighted by molar-refractivity contribution is 0.128. The van der Waals surface area contributed by atoms with Crippen LogP contribution in [-0.2, 0) is 4.74 Å². The third-order valence-electron chi connectivity index (χ3n) is 2.58. The van der Waals surface area contributed by atoms with Crippen LogP contribution in [0.15, 0.2) is 24.3 Å². The van der Waals surface area contributed by atoms with Crippen molar-refractivity contribution in [3.63, 3.8) is 0 Å². The normalized spacial score (nSPS) is 24.3. The van der Waals surface area contributed by atoms with Crippen LogP contribution in [0.4, 0.5) is 0 Å². The molecule has 2 heteroatoms. The molecule has 1 saturated carbocycles. The van der Waals surface area contributed by atoms with Gasteiger partial charge in [0.15, 0.2) is 0 Å². The molecule has 0 spiro atoms. The van der Waals surface area contributed by atoms with Crippen molar-refractivity contribution in [1.82, 2.24) is 0 Å². The highest BCUT2D eigenvalue weighted by Gasteiger charge is 2.38. The molecule has 2 atom stereocenters. The lowest BCUT2D eigenvalue weighted by Gasteiger charge is -2.00. The Hall–Kier alpha value is -1.33. The first-order valence-corrected chi connectivity index (χ1v) is 4.96. The van der Waals surface area contributed by atoms with Gasteiger partial charge < -0.3 is 4.74 Å². The third-order valence-corrected chi connectivity index (χ3v) is 2.58. The molecule has 1 aromatic carbocycles. The molecule has 1 aromatic rings. The zero-order valence-corrected chi connectivity index (χ0v) is 8.23. The maximum Gasteiger partial charge on any atom is 0.0991 e. The van der Waals surface area contributed by atoms with Crippen LogP contribution >= 0.6 is 0 Å². The summed E-state index contributed by atoms with van der Waals surface area (Å²) in [6.07, 6.45) is 1.53. The average Bonchev–Trinajstić information content (AvgIpc) is 2.98. The molecule has 2 rings (SSSR count). The average molecular weight is 187 g/mol. The fourth-order valence-corrected chi connectivity index (χ4v) is 1.73. The zero-order chi connectivity index (χ0) is 9.97. The Morgan fingerprint density at radius 3 is 2.71 bits per heavy atom. The Morgan fingerprint density at radius 1 is 1.43 bits per heavy atom. The zero-order valence-electron chi connectivity index (χ0n) is 8.23. The number of benzene rings is 1. The van der Waals surface area contributed by atoms with E-state index in [9.17, 15) is 0 Å². The quantitative estimate of drug-likeness (QED) is 0.728. The minimum Gasteiger partial charge on any atom is -0.378 e. The second-order valence-corrected chi connectivity index (χ2v) is 3.57. The van der Waals surface area contributed by atoms with Gasteiger partial charge in [-0.05, 0) is 31.0 Å². The molecule has 14 heavy (non-hydrogen) atoms. The van der Waals surface area contributed by atoms with E-state index in [1.165, 1.54) is 5.56 Å². The van der Waals surface area contributed by atoms with Crippen LogP contribution in [0.1, 0.15) is 30.4 Å². The van der Waals surface area contributed by atoms with Crippen LogP contribution < -0.4 is 0 Å². The van der Waals surface area contributed by atoms with Crippen LogP contribution in [0.2, 0.25) is 0 Å². The molecule has 0 unspecified atom stereocenters. The van der Waals surface area contributed by atoms with E-state index in [2.05, 4.69) is 6.07 Å². The van der Waals surface area contributed by atoms with E-state index >= 15 is 0 Å². The van der Waals surface area contributed by atoms with Gasteiger partial charge in [-0.3, -0.25) is 0 Å². The third kappa shape index (κ3) is 1.78. The van der Waals surface area contributed by atoms with Gasteiger partial charge in [0.05, 0.1) is 17.7 Å². The summed E-state index contributed by atoms with van der Waals surface area (Å²) in [4.78, 5) is 0. The van der Waals surface area contributed by atoms with Crippen molar-refractivity contribution < 1.29 is 4.74 Å². The maximum absolute atomic E-state index is 8.64. The summed E-state index contributed by atoms with van der Waals surface area (Å²) in [5, 5.41) is 8.64. The summed E-state index contributed by atoms with van der Waals surface area (Å²) in [6.45, 7) is 2.81. The second kappa shape index (κ2) is 3.81. The first-order chi connectivity index (χ1) is 6.85. The number of hydrogen-bond donors (Lipinski definition) is 0.